The summed E-state index contributed by atoms with van der Waals surface area (Å²) in [5.41, 5.74) is -0.00729. The van der Waals surface area contributed by atoms with E-state index in [4.69, 9.17) is 0 Å². The van der Waals surface area contributed by atoms with Crippen LogP contribution in [0.5, 0.6) is 0 Å². The smallest absolute Gasteiger partial charge is 0.307 e. The Morgan fingerprint density at radius 1 is 1.12 bits per heavy atom. The third kappa shape index (κ3) is 4.01. The van der Waals surface area contributed by atoms with Gasteiger partial charge in [0.25, 0.3) is 0 Å². The van der Waals surface area contributed by atoms with Crippen molar-refractivity contribution in [2.75, 3.05) is 0 Å². The lowest BCUT2D eigenvalue weighted by Crippen LogP contribution is -2.37. The molecule has 102 valence electrons. The molecule has 0 saturated heterocycles. The van der Waals surface area contributed by atoms with E-state index in [1.54, 1.807) is 0 Å². The van der Waals surface area contributed by atoms with Crippen LogP contribution in [-0.4, -0.2) is 11.1 Å². The Hall–Kier alpha value is -0.530. The predicted molar refractivity (Wildman–Crippen MR) is 73.1 cm³/mol. The number of carbonyl (C=O) groups is 1. The van der Waals surface area contributed by atoms with Crippen molar-refractivity contribution in [3.05, 3.63) is 0 Å². The number of hydrogen-bond donors (Lipinski definition) is 1. The number of carboxylic acid groups (broad SMARTS) is 1. The first-order valence-electron chi connectivity index (χ1n) is 6.83. The van der Waals surface area contributed by atoms with Gasteiger partial charge in [-0.25, -0.2) is 0 Å². The zero-order chi connectivity index (χ0) is 13.9. The molecule has 2 nitrogen and oxygen atoms in total. The van der Waals surface area contributed by atoms with Gasteiger partial charge in [-0.15, -0.1) is 0 Å². The lowest BCUT2D eigenvalue weighted by Gasteiger charge is -2.40. The summed E-state index contributed by atoms with van der Waals surface area (Å²) < 4.78 is 0. The maximum Gasteiger partial charge on any atom is 0.307 e. The predicted octanol–water partition coefficient (Wildman–Crippen LogP) is 4.59. The Balaban J connectivity index is 5.08. The minimum absolute atomic E-state index is 0.0780. The molecular formula is C15H30O2. The normalized spacial score (nSPS) is 15.1. The van der Waals surface area contributed by atoms with Crippen LogP contribution in [0.15, 0.2) is 0 Å². The maximum absolute atomic E-state index is 11.6. The molecule has 1 atom stereocenters. The lowest BCUT2D eigenvalue weighted by molar-refractivity contribution is -0.148. The Labute approximate surface area is 107 Å². The molecule has 2 heteroatoms. The summed E-state index contributed by atoms with van der Waals surface area (Å²) in [6.45, 7) is 15.0. The number of rotatable bonds is 7. The van der Waals surface area contributed by atoms with Gasteiger partial charge in [0.05, 0.1) is 5.92 Å². The van der Waals surface area contributed by atoms with E-state index in [-0.39, 0.29) is 16.7 Å². The molecule has 0 amide bonds. The van der Waals surface area contributed by atoms with Crippen LogP contribution < -0.4 is 0 Å². The van der Waals surface area contributed by atoms with Gasteiger partial charge in [-0.2, -0.15) is 0 Å². The molecule has 0 radical (unpaired) electrons. The van der Waals surface area contributed by atoms with Gasteiger partial charge in [0.1, 0.15) is 0 Å². The van der Waals surface area contributed by atoms with Gasteiger partial charge in [-0.05, 0) is 36.0 Å². The number of hydrogen-bond acceptors (Lipinski definition) is 1. The van der Waals surface area contributed by atoms with Crippen LogP contribution in [-0.2, 0) is 4.79 Å². The molecule has 0 fully saturated rings. The largest absolute Gasteiger partial charge is 0.481 e. The third-order valence-electron chi connectivity index (χ3n) is 5.05. The Morgan fingerprint density at radius 3 is 1.76 bits per heavy atom. The minimum Gasteiger partial charge on any atom is -0.481 e. The van der Waals surface area contributed by atoms with Crippen molar-refractivity contribution in [2.45, 2.75) is 67.7 Å². The molecule has 0 aliphatic rings. The van der Waals surface area contributed by atoms with E-state index >= 15 is 0 Å². The van der Waals surface area contributed by atoms with E-state index in [1.165, 1.54) is 0 Å². The molecule has 0 aromatic heterocycles. The first-order chi connectivity index (χ1) is 7.60. The maximum atomic E-state index is 11.6. The average molecular weight is 242 g/mol. The summed E-state index contributed by atoms with van der Waals surface area (Å²) >= 11 is 0. The van der Waals surface area contributed by atoms with Crippen molar-refractivity contribution in [3.8, 4) is 0 Å². The SMILES string of the molecule is CCC(C)(CC)C(CC(C)(C)C(C)C)C(=O)O. The van der Waals surface area contributed by atoms with Crippen LogP contribution in [0.4, 0.5) is 0 Å². The third-order valence-corrected chi connectivity index (χ3v) is 5.05. The molecular weight excluding hydrogens is 212 g/mol. The van der Waals surface area contributed by atoms with Crippen LogP contribution >= 0.6 is 0 Å². The molecule has 0 heterocycles. The van der Waals surface area contributed by atoms with Crippen LogP contribution in [0.3, 0.4) is 0 Å². The zero-order valence-electron chi connectivity index (χ0n) is 12.6. The van der Waals surface area contributed by atoms with Gasteiger partial charge >= 0.3 is 5.97 Å². The second-order valence-corrected chi connectivity index (χ2v) is 6.60. The topological polar surface area (TPSA) is 37.3 Å². The average Bonchev–Trinajstić information content (AvgIpc) is 2.24. The van der Waals surface area contributed by atoms with Crippen molar-refractivity contribution < 1.29 is 9.90 Å². The molecule has 0 spiro atoms. The zero-order valence-corrected chi connectivity index (χ0v) is 12.6. The monoisotopic (exact) mass is 242 g/mol. The molecule has 0 aromatic rings. The van der Waals surface area contributed by atoms with Gasteiger partial charge in [0.2, 0.25) is 0 Å². The highest BCUT2D eigenvalue weighted by Crippen LogP contribution is 2.44. The second kappa shape index (κ2) is 5.88. The van der Waals surface area contributed by atoms with Gasteiger partial charge in [0.15, 0.2) is 0 Å². The summed E-state index contributed by atoms with van der Waals surface area (Å²) in [6.07, 6.45) is 2.61. The Morgan fingerprint density at radius 2 is 1.53 bits per heavy atom. The van der Waals surface area contributed by atoms with Crippen LogP contribution in [0.2, 0.25) is 0 Å². The molecule has 0 aliphatic heterocycles. The van der Waals surface area contributed by atoms with Gasteiger partial charge in [-0.1, -0.05) is 48.5 Å². The molecule has 0 saturated carbocycles. The van der Waals surface area contributed by atoms with Gasteiger partial charge < -0.3 is 5.11 Å². The first kappa shape index (κ1) is 16.5. The summed E-state index contributed by atoms with van der Waals surface area (Å²) in [6, 6.07) is 0. The number of carboxylic acids is 1. The van der Waals surface area contributed by atoms with Crippen LogP contribution in [0.1, 0.15) is 67.7 Å². The summed E-state index contributed by atoms with van der Waals surface area (Å²) in [7, 11) is 0. The quantitative estimate of drug-likeness (QED) is 0.709. The highest BCUT2D eigenvalue weighted by Gasteiger charge is 2.40. The van der Waals surface area contributed by atoms with E-state index < -0.39 is 5.97 Å². The Bertz CT molecular complexity index is 250. The van der Waals surface area contributed by atoms with E-state index in [0.717, 1.165) is 19.3 Å². The van der Waals surface area contributed by atoms with E-state index in [9.17, 15) is 9.90 Å². The van der Waals surface area contributed by atoms with Gasteiger partial charge in [0, 0.05) is 0 Å². The second-order valence-electron chi connectivity index (χ2n) is 6.60. The van der Waals surface area contributed by atoms with Crippen LogP contribution in [0, 0.1) is 22.7 Å². The fourth-order valence-corrected chi connectivity index (χ4v) is 2.14. The van der Waals surface area contributed by atoms with E-state index in [0.29, 0.717) is 5.92 Å². The Kier molecular flexibility index (Phi) is 5.70. The van der Waals surface area contributed by atoms with E-state index in [1.807, 2.05) is 0 Å². The van der Waals surface area contributed by atoms with Gasteiger partial charge in [-0.3, -0.25) is 4.79 Å². The molecule has 0 rings (SSSR count). The standard InChI is InChI=1S/C15H30O2/c1-8-15(7,9-2)12(13(16)17)10-14(5,6)11(3)4/h11-12H,8-10H2,1-7H3,(H,16,17). The summed E-state index contributed by atoms with van der Waals surface area (Å²) in [4.78, 5) is 11.6. The summed E-state index contributed by atoms with van der Waals surface area (Å²) in [5, 5.41) is 9.52. The van der Waals surface area contributed by atoms with E-state index in [2.05, 4.69) is 48.5 Å². The van der Waals surface area contributed by atoms with Crippen molar-refractivity contribution in [1.82, 2.24) is 0 Å². The van der Waals surface area contributed by atoms with Crippen molar-refractivity contribution in [2.24, 2.45) is 22.7 Å². The molecule has 0 bridgehead atoms. The lowest BCUT2D eigenvalue weighted by atomic mass is 9.64. The van der Waals surface area contributed by atoms with Crippen LogP contribution in [0.25, 0.3) is 0 Å². The first-order valence-corrected chi connectivity index (χ1v) is 6.83. The fraction of sp³-hybridized carbons (Fsp3) is 0.933. The van der Waals surface area contributed by atoms with Crippen molar-refractivity contribution in [1.29, 1.82) is 0 Å². The number of aliphatic carboxylic acids is 1. The minimum atomic E-state index is -0.634. The van der Waals surface area contributed by atoms with Crippen molar-refractivity contribution >= 4 is 5.97 Å². The fourth-order valence-electron chi connectivity index (χ4n) is 2.14. The highest BCUT2D eigenvalue weighted by molar-refractivity contribution is 5.71. The molecule has 17 heavy (non-hydrogen) atoms. The molecule has 1 unspecified atom stereocenters. The highest BCUT2D eigenvalue weighted by atomic mass is 16.4. The molecule has 0 aliphatic carbocycles. The molecule has 1 N–H and O–H groups in total. The molecule has 0 aromatic carbocycles. The summed E-state index contributed by atoms with van der Waals surface area (Å²) in [5.74, 6) is -0.373. The van der Waals surface area contributed by atoms with Crippen molar-refractivity contribution in [3.63, 3.8) is 0 Å².